The van der Waals surface area contributed by atoms with Crippen LogP contribution in [0.2, 0.25) is 0 Å². The SMILES string of the molecule is Cc1nc(C(F)(F)F)ccc1C(=O)N1CCOC(C)C1. The lowest BCUT2D eigenvalue weighted by atomic mass is 10.1. The maximum absolute atomic E-state index is 12.5. The number of alkyl halides is 3. The summed E-state index contributed by atoms with van der Waals surface area (Å²) >= 11 is 0. The molecule has 2 rings (SSSR count). The summed E-state index contributed by atoms with van der Waals surface area (Å²) in [7, 11) is 0. The Balaban J connectivity index is 2.22. The molecule has 0 spiro atoms. The minimum atomic E-state index is -4.50. The van der Waals surface area contributed by atoms with E-state index in [1.54, 1.807) is 4.90 Å². The number of halogens is 3. The van der Waals surface area contributed by atoms with Gasteiger partial charge in [0.2, 0.25) is 0 Å². The Morgan fingerprint density at radius 3 is 2.70 bits per heavy atom. The predicted molar refractivity (Wildman–Crippen MR) is 65.3 cm³/mol. The number of hydrogen-bond donors (Lipinski definition) is 0. The summed E-state index contributed by atoms with van der Waals surface area (Å²) in [5.41, 5.74) is -0.696. The first kappa shape index (κ1) is 14.8. The molecular weight excluding hydrogens is 273 g/mol. The number of aryl methyl sites for hydroxylation is 1. The van der Waals surface area contributed by atoms with Gasteiger partial charge in [-0.05, 0) is 26.0 Å². The Kier molecular flexibility index (Phi) is 3.99. The quantitative estimate of drug-likeness (QED) is 0.796. The number of carbonyl (C=O) groups excluding carboxylic acids is 1. The number of morpholine rings is 1. The van der Waals surface area contributed by atoms with Crippen molar-refractivity contribution >= 4 is 5.91 Å². The van der Waals surface area contributed by atoms with Gasteiger partial charge < -0.3 is 9.64 Å². The van der Waals surface area contributed by atoms with E-state index in [1.807, 2.05) is 6.92 Å². The monoisotopic (exact) mass is 288 g/mol. The first-order chi connectivity index (χ1) is 9.29. The summed E-state index contributed by atoms with van der Waals surface area (Å²) in [6.07, 6.45) is -4.57. The number of hydrogen-bond acceptors (Lipinski definition) is 3. The second-order valence-corrected chi connectivity index (χ2v) is 4.76. The van der Waals surface area contributed by atoms with E-state index in [2.05, 4.69) is 4.98 Å². The van der Waals surface area contributed by atoms with Crippen LogP contribution in [0.3, 0.4) is 0 Å². The van der Waals surface area contributed by atoms with E-state index in [1.165, 1.54) is 13.0 Å². The lowest BCUT2D eigenvalue weighted by Crippen LogP contribution is -2.44. The summed E-state index contributed by atoms with van der Waals surface area (Å²) in [5, 5.41) is 0. The normalized spacial score (nSPS) is 20.1. The second kappa shape index (κ2) is 5.40. The van der Waals surface area contributed by atoms with E-state index in [0.29, 0.717) is 19.7 Å². The first-order valence-corrected chi connectivity index (χ1v) is 6.25. The molecule has 1 atom stereocenters. The number of rotatable bonds is 1. The van der Waals surface area contributed by atoms with Crippen molar-refractivity contribution < 1.29 is 22.7 Å². The number of pyridine rings is 1. The standard InChI is InChI=1S/C13H15F3N2O2/c1-8-7-18(5-6-20-8)12(19)10-3-4-11(13(14,15)16)17-9(10)2/h3-4,8H,5-7H2,1-2H3. The number of aromatic nitrogens is 1. The van der Waals surface area contributed by atoms with E-state index >= 15 is 0 Å². The molecule has 0 aliphatic carbocycles. The highest BCUT2D eigenvalue weighted by atomic mass is 19.4. The van der Waals surface area contributed by atoms with Gasteiger partial charge >= 0.3 is 6.18 Å². The predicted octanol–water partition coefficient (Wildman–Crippen LogP) is 2.27. The number of amides is 1. The molecule has 0 bridgehead atoms. The van der Waals surface area contributed by atoms with Crippen molar-refractivity contribution in [2.24, 2.45) is 0 Å². The van der Waals surface area contributed by atoms with Crippen LogP contribution < -0.4 is 0 Å². The molecule has 1 amide bonds. The van der Waals surface area contributed by atoms with Crippen molar-refractivity contribution in [3.63, 3.8) is 0 Å². The van der Waals surface area contributed by atoms with Crippen LogP contribution in [0.5, 0.6) is 0 Å². The summed E-state index contributed by atoms with van der Waals surface area (Å²) in [6.45, 7) is 4.55. The Bertz CT molecular complexity index is 517. The van der Waals surface area contributed by atoms with Crippen LogP contribution in [0.15, 0.2) is 12.1 Å². The number of nitrogens with zero attached hydrogens (tertiary/aromatic N) is 2. The molecule has 1 aliphatic rings. The van der Waals surface area contributed by atoms with Crippen molar-refractivity contribution in [1.29, 1.82) is 0 Å². The lowest BCUT2D eigenvalue weighted by Gasteiger charge is -2.31. The minimum Gasteiger partial charge on any atom is -0.375 e. The molecule has 2 heterocycles. The molecule has 4 nitrogen and oxygen atoms in total. The van der Waals surface area contributed by atoms with Gasteiger partial charge in [-0.25, -0.2) is 4.98 Å². The lowest BCUT2D eigenvalue weighted by molar-refractivity contribution is -0.141. The topological polar surface area (TPSA) is 42.4 Å². The Labute approximate surface area is 114 Å². The smallest absolute Gasteiger partial charge is 0.375 e. The Hall–Kier alpha value is -1.63. The first-order valence-electron chi connectivity index (χ1n) is 6.25. The molecule has 1 saturated heterocycles. The van der Waals surface area contributed by atoms with E-state index in [9.17, 15) is 18.0 Å². The van der Waals surface area contributed by atoms with Gasteiger partial charge in [0.1, 0.15) is 5.69 Å². The van der Waals surface area contributed by atoms with Crippen molar-refractivity contribution in [2.45, 2.75) is 26.1 Å². The van der Waals surface area contributed by atoms with Crippen LogP contribution in [-0.4, -0.2) is 41.6 Å². The number of ether oxygens (including phenoxy) is 1. The van der Waals surface area contributed by atoms with Crippen molar-refractivity contribution in [2.75, 3.05) is 19.7 Å². The summed E-state index contributed by atoms with van der Waals surface area (Å²) < 4.78 is 42.9. The van der Waals surface area contributed by atoms with Crippen LogP contribution in [0.4, 0.5) is 13.2 Å². The average molecular weight is 288 g/mol. The van der Waals surface area contributed by atoms with Gasteiger partial charge in [-0.15, -0.1) is 0 Å². The molecule has 1 aliphatic heterocycles. The van der Waals surface area contributed by atoms with Crippen LogP contribution in [-0.2, 0) is 10.9 Å². The van der Waals surface area contributed by atoms with Gasteiger partial charge in [0.15, 0.2) is 0 Å². The van der Waals surface area contributed by atoms with E-state index in [-0.39, 0.29) is 23.3 Å². The molecule has 1 unspecified atom stereocenters. The highest BCUT2D eigenvalue weighted by Gasteiger charge is 2.33. The maximum atomic E-state index is 12.5. The van der Waals surface area contributed by atoms with Crippen LogP contribution >= 0.6 is 0 Å². The van der Waals surface area contributed by atoms with Gasteiger partial charge in [-0.1, -0.05) is 0 Å². The highest BCUT2D eigenvalue weighted by molar-refractivity contribution is 5.95. The zero-order valence-corrected chi connectivity index (χ0v) is 11.2. The highest BCUT2D eigenvalue weighted by Crippen LogP contribution is 2.28. The molecule has 1 fully saturated rings. The van der Waals surface area contributed by atoms with E-state index < -0.39 is 11.9 Å². The van der Waals surface area contributed by atoms with Gasteiger partial charge in [0.05, 0.1) is 24.0 Å². The third kappa shape index (κ3) is 3.09. The molecular formula is C13H15F3N2O2. The van der Waals surface area contributed by atoms with Crippen molar-refractivity contribution in [3.8, 4) is 0 Å². The zero-order chi connectivity index (χ0) is 14.9. The molecule has 110 valence electrons. The third-order valence-electron chi connectivity index (χ3n) is 3.13. The fourth-order valence-electron chi connectivity index (χ4n) is 2.12. The molecule has 0 aromatic carbocycles. The summed E-state index contributed by atoms with van der Waals surface area (Å²) in [6, 6.07) is 2.03. The number of carbonyl (C=O) groups is 1. The van der Waals surface area contributed by atoms with Gasteiger partial charge in [0.25, 0.3) is 5.91 Å². The molecule has 0 radical (unpaired) electrons. The van der Waals surface area contributed by atoms with Crippen LogP contribution in [0.25, 0.3) is 0 Å². The fraction of sp³-hybridized carbons (Fsp3) is 0.538. The van der Waals surface area contributed by atoms with Crippen LogP contribution in [0, 0.1) is 6.92 Å². The largest absolute Gasteiger partial charge is 0.433 e. The Morgan fingerprint density at radius 2 is 2.15 bits per heavy atom. The Morgan fingerprint density at radius 1 is 1.45 bits per heavy atom. The van der Waals surface area contributed by atoms with E-state index in [0.717, 1.165) is 6.07 Å². The van der Waals surface area contributed by atoms with Crippen molar-refractivity contribution in [3.05, 3.63) is 29.1 Å². The van der Waals surface area contributed by atoms with Crippen LogP contribution in [0.1, 0.15) is 28.7 Å². The van der Waals surface area contributed by atoms with E-state index in [4.69, 9.17) is 4.74 Å². The minimum absolute atomic E-state index is 0.0737. The van der Waals surface area contributed by atoms with Gasteiger partial charge in [0, 0.05) is 13.1 Å². The third-order valence-corrected chi connectivity index (χ3v) is 3.13. The molecule has 0 saturated carbocycles. The van der Waals surface area contributed by atoms with Crippen molar-refractivity contribution in [1.82, 2.24) is 9.88 Å². The molecule has 0 N–H and O–H groups in total. The van der Waals surface area contributed by atoms with Gasteiger partial charge in [-0.2, -0.15) is 13.2 Å². The summed E-state index contributed by atoms with van der Waals surface area (Å²) in [4.78, 5) is 17.3. The zero-order valence-electron chi connectivity index (χ0n) is 11.2. The fourth-order valence-corrected chi connectivity index (χ4v) is 2.12. The second-order valence-electron chi connectivity index (χ2n) is 4.76. The molecule has 1 aromatic rings. The average Bonchev–Trinajstić information content (AvgIpc) is 2.36. The maximum Gasteiger partial charge on any atom is 0.433 e. The molecule has 1 aromatic heterocycles. The molecule has 7 heteroatoms. The molecule has 20 heavy (non-hydrogen) atoms. The van der Waals surface area contributed by atoms with Gasteiger partial charge in [-0.3, -0.25) is 4.79 Å². The summed E-state index contributed by atoms with van der Waals surface area (Å²) in [5.74, 6) is -0.307.